The SMILES string of the molecule is CC(=O)c1cc(Br)ccc1N(CCO)C1CCCC1. The highest BCUT2D eigenvalue weighted by molar-refractivity contribution is 9.10. The van der Waals surface area contributed by atoms with Gasteiger partial charge in [-0.05, 0) is 38.0 Å². The molecule has 1 aromatic carbocycles. The molecule has 104 valence electrons. The number of nitrogens with zero attached hydrogens (tertiary/aromatic N) is 1. The lowest BCUT2D eigenvalue weighted by Gasteiger charge is -2.32. The normalized spacial score (nSPS) is 15.7. The van der Waals surface area contributed by atoms with Gasteiger partial charge < -0.3 is 10.0 Å². The third-order valence-electron chi connectivity index (χ3n) is 3.75. The van der Waals surface area contributed by atoms with E-state index in [0.717, 1.165) is 28.6 Å². The quantitative estimate of drug-likeness (QED) is 0.843. The average Bonchev–Trinajstić information content (AvgIpc) is 2.90. The summed E-state index contributed by atoms with van der Waals surface area (Å²) in [5, 5.41) is 9.31. The number of aliphatic hydroxyl groups excluding tert-OH is 1. The van der Waals surface area contributed by atoms with Crippen LogP contribution in [-0.2, 0) is 0 Å². The van der Waals surface area contributed by atoms with E-state index >= 15 is 0 Å². The molecular weight excluding hydrogens is 306 g/mol. The minimum absolute atomic E-state index is 0.0669. The molecule has 1 aromatic rings. The summed E-state index contributed by atoms with van der Waals surface area (Å²) >= 11 is 3.42. The van der Waals surface area contributed by atoms with Gasteiger partial charge in [-0.2, -0.15) is 0 Å². The van der Waals surface area contributed by atoms with E-state index < -0.39 is 0 Å². The maximum Gasteiger partial charge on any atom is 0.161 e. The van der Waals surface area contributed by atoms with Crippen LogP contribution in [-0.4, -0.2) is 30.1 Å². The first-order chi connectivity index (χ1) is 9.13. The van der Waals surface area contributed by atoms with Gasteiger partial charge in [-0.3, -0.25) is 4.79 Å². The van der Waals surface area contributed by atoms with Crippen molar-refractivity contribution in [2.24, 2.45) is 0 Å². The second-order valence-corrected chi connectivity index (χ2v) is 5.99. The van der Waals surface area contributed by atoms with Gasteiger partial charge in [0, 0.05) is 28.3 Å². The van der Waals surface area contributed by atoms with Gasteiger partial charge in [-0.15, -0.1) is 0 Å². The summed E-state index contributed by atoms with van der Waals surface area (Å²) in [5.41, 5.74) is 1.69. The van der Waals surface area contributed by atoms with Crippen LogP contribution in [0, 0.1) is 0 Å². The number of aliphatic hydroxyl groups is 1. The molecule has 0 unspecified atom stereocenters. The highest BCUT2D eigenvalue weighted by Gasteiger charge is 2.25. The Morgan fingerprint density at radius 1 is 1.42 bits per heavy atom. The molecule has 3 nitrogen and oxygen atoms in total. The fourth-order valence-corrected chi connectivity index (χ4v) is 3.23. The van der Waals surface area contributed by atoms with Gasteiger partial charge in [0.15, 0.2) is 5.78 Å². The van der Waals surface area contributed by atoms with Crippen LogP contribution in [0.25, 0.3) is 0 Å². The van der Waals surface area contributed by atoms with Crippen molar-refractivity contribution in [3.05, 3.63) is 28.2 Å². The monoisotopic (exact) mass is 325 g/mol. The van der Waals surface area contributed by atoms with Gasteiger partial charge >= 0.3 is 0 Å². The molecule has 0 aromatic heterocycles. The van der Waals surface area contributed by atoms with E-state index in [0.29, 0.717) is 12.6 Å². The second kappa shape index (κ2) is 6.53. The van der Waals surface area contributed by atoms with Crippen molar-refractivity contribution in [1.29, 1.82) is 0 Å². The van der Waals surface area contributed by atoms with Crippen LogP contribution in [0.5, 0.6) is 0 Å². The molecule has 19 heavy (non-hydrogen) atoms. The number of halogens is 1. The van der Waals surface area contributed by atoms with Gasteiger partial charge in [-0.25, -0.2) is 0 Å². The number of hydrogen-bond donors (Lipinski definition) is 1. The molecule has 4 heteroatoms. The average molecular weight is 326 g/mol. The van der Waals surface area contributed by atoms with Crippen LogP contribution >= 0.6 is 15.9 Å². The van der Waals surface area contributed by atoms with Crippen LogP contribution < -0.4 is 4.90 Å². The summed E-state index contributed by atoms with van der Waals surface area (Å²) < 4.78 is 0.914. The zero-order valence-electron chi connectivity index (χ0n) is 11.2. The highest BCUT2D eigenvalue weighted by atomic mass is 79.9. The first-order valence-corrected chi connectivity index (χ1v) is 7.60. The summed E-state index contributed by atoms with van der Waals surface area (Å²) in [6.07, 6.45) is 4.76. The van der Waals surface area contributed by atoms with E-state index in [2.05, 4.69) is 20.8 Å². The van der Waals surface area contributed by atoms with Crippen molar-refractivity contribution >= 4 is 27.4 Å². The Balaban J connectivity index is 2.37. The van der Waals surface area contributed by atoms with Crippen molar-refractivity contribution in [2.45, 2.75) is 38.6 Å². The largest absolute Gasteiger partial charge is 0.395 e. The minimum Gasteiger partial charge on any atom is -0.395 e. The molecule has 0 saturated heterocycles. The van der Waals surface area contributed by atoms with Gasteiger partial charge in [0.1, 0.15) is 0 Å². The number of hydrogen-bond acceptors (Lipinski definition) is 3. The molecule has 2 rings (SSSR count). The Kier molecular flexibility index (Phi) is 4.99. The Morgan fingerprint density at radius 2 is 2.11 bits per heavy atom. The Bertz CT molecular complexity index is 455. The molecule has 0 spiro atoms. The Morgan fingerprint density at radius 3 is 2.68 bits per heavy atom. The first-order valence-electron chi connectivity index (χ1n) is 6.81. The molecule has 0 atom stereocenters. The van der Waals surface area contributed by atoms with E-state index in [1.165, 1.54) is 12.8 Å². The van der Waals surface area contributed by atoms with Crippen LogP contribution in [0.2, 0.25) is 0 Å². The third kappa shape index (κ3) is 3.37. The predicted molar refractivity (Wildman–Crippen MR) is 80.8 cm³/mol. The van der Waals surface area contributed by atoms with Crippen molar-refractivity contribution < 1.29 is 9.90 Å². The van der Waals surface area contributed by atoms with Crippen LogP contribution in [0.1, 0.15) is 43.0 Å². The fraction of sp³-hybridized carbons (Fsp3) is 0.533. The van der Waals surface area contributed by atoms with Crippen LogP contribution in [0.15, 0.2) is 22.7 Å². The number of anilines is 1. The van der Waals surface area contributed by atoms with Gasteiger partial charge in [-0.1, -0.05) is 28.8 Å². The number of carbonyl (C=O) groups excluding carboxylic acids is 1. The van der Waals surface area contributed by atoms with E-state index in [4.69, 9.17) is 0 Å². The summed E-state index contributed by atoms with van der Waals surface area (Å²) in [5.74, 6) is 0.0669. The molecular formula is C15H20BrNO2. The van der Waals surface area contributed by atoms with Crippen LogP contribution in [0.3, 0.4) is 0 Å². The molecule has 1 N–H and O–H groups in total. The van der Waals surface area contributed by atoms with E-state index in [1.54, 1.807) is 6.92 Å². The van der Waals surface area contributed by atoms with Crippen LogP contribution in [0.4, 0.5) is 5.69 Å². The van der Waals surface area contributed by atoms with Crippen molar-refractivity contribution in [1.82, 2.24) is 0 Å². The van der Waals surface area contributed by atoms with Crippen molar-refractivity contribution in [2.75, 3.05) is 18.1 Å². The summed E-state index contributed by atoms with van der Waals surface area (Å²) in [6.45, 7) is 2.30. The lowest BCUT2D eigenvalue weighted by Crippen LogP contribution is -2.36. The number of ketones is 1. The smallest absolute Gasteiger partial charge is 0.161 e. The Labute approximate surface area is 122 Å². The summed E-state index contributed by atoms with van der Waals surface area (Å²) in [4.78, 5) is 14.0. The molecule has 1 saturated carbocycles. The summed E-state index contributed by atoms with van der Waals surface area (Å²) in [6, 6.07) is 6.26. The van der Waals surface area contributed by atoms with E-state index in [9.17, 15) is 9.90 Å². The molecule has 0 bridgehead atoms. The Hall–Kier alpha value is -0.870. The van der Waals surface area contributed by atoms with Gasteiger partial charge in [0.05, 0.1) is 6.61 Å². The van der Waals surface area contributed by atoms with Crippen molar-refractivity contribution in [3.63, 3.8) is 0 Å². The number of rotatable bonds is 5. The minimum atomic E-state index is 0.0669. The number of benzene rings is 1. The van der Waals surface area contributed by atoms with Gasteiger partial charge in [0.2, 0.25) is 0 Å². The maximum absolute atomic E-state index is 11.8. The summed E-state index contributed by atoms with van der Waals surface area (Å²) in [7, 11) is 0. The fourth-order valence-electron chi connectivity index (χ4n) is 2.86. The zero-order chi connectivity index (χ0) is 13.8. The van der Waals surface area contributed by atoms with E-state index in [-0.39, 0.29) is 12.4 Å². The lowest BCUT2D eigenvalue weighted by molar-refractivity contribution is 0.101. The first kappa shape index (κ1) is 14.5. The molecule has 1 aliphatic carbocycles. The lowest BCUT2D eigenvalue weighted by atomic mass is 10.1. The standard InChI is InChI=1S/C15H20BrNO2/c1-11(19)14-10-12(16)6-7-15(14)17(8-9-18)13-4-2-3-5-13/h6-7,10,13,18H,2-5,8-9H2,1H3. The molecule has 0 radical (unpaired) electrons. The topological polar surface area (TPSA) is 40.5 Å². The molecule has 0 aliphatic heterocycles. The predicted octanol–water partition coefficient (Wildman–Crippen LogP) is 3.39. The zero-order valence-corrected chi connectivity index (χ0v) is 12.8. The highest BCUT2D eigenvalue weighted by Crippen LogP contribution is 2.32. The number of carbonyl (C=O) groups is 1. The maximum atomic E-state index is 11.8. The molecule has 0 heterocycles. The third-order valence-corrected chi connectivity index (χ3v) is 4.25. The van der Waals surface area contributed by atoms with Gasteiger partial charge in [0.25, 0.3) is 0 Å². The van der Waals surface area contributed by atoms with E-state index in [1.807, 2.05) is 18.2 Å². The number of Topliss-reactive ketones (excluding diaryl/α,β-unsaturated/α-hetero) is 1. The second-order valence-electron chi connectivity index (χ2n) is 5.07. The van der Waals surface area contributed by atoms with Crippen molar-refractivity contribution in [3.8, 4) is 0 Å². The molecule has 1 aliphatic rings. The molecule has 1 fully saturated rings. The molecule has 0 amide bonds.